The molecule has 4 heteroatoms. The monoisotopic (exact) mass is 291 g/mol. The molecule has 0 spiro atoms. The molecule has 0 bridgehead atoms. The van der Waals surface area contributed by atoms with Crippen molar-refractivity contribution in [3.8, 4) is 0 Å². The molecular weight excluding hydrogens is 266 g/mol. The number of benzene rings is 1. The molecule has 0 saturated heterocycles. The summed E-state index contributed by atoms with van der Waals surface area (Å²) in [6.45, 7) is 8.06. The molecule has 0 aromatic heterocycles. The average Bonchev–Trinajstić information content (AvgIpc) is 2.36. The van der Waals surface area contributed by atoms with E-state index < -0.39 is 0 Å². The lowest BCUT2D eigenvalue weighted by molar-refractivity contribution is -0.147. The summed E-state index contributed by atoms with van der Waals surface area (Å²) in [5.41, 5.74) is 3.63. The van der Waals surface area contributed by atoms with E-state index in [0.29, 0.717) is 19.4 Å². The topological polar surface area (TPSA) is 55.4 Å². The van der Waals surface area contributed by atoms with Crippen molar-refractivity contribution >= 4 is 11.9 Å². The highest BCUT2D eigenvalue weighted by molar-refractivity contribution is 5.77. The van der Waals surface area contributed by atoms with Gasteiger partial charge in [0.2, 0.25) is 5.91 Å². The fourth-order valence-electron chi connectivity index (χ4n) is 2.09. The van der Waals surface area contributed by atoms with Crippen LogP contribution in [0.1, 0.15) is 43.4 Å². The van der Waals surface area contributed by atoms with Gasteiger partial charge in [0.05, 0.1) is 12.5 Å². The van der Waals surface area contributed by atoms with Crippen molar-refractivity contribution in [1.29, 1.82) is 0 Å². The van der Waals surface area contributed by atoms with E-state index in [1.54, 1.807) is 13.8 Å². The van der Waals surface area contributed by atoms with Gasteiger partial charge in [-0.25, -0.2) is 0 Å². The van der Waals surface area contributed by atoms with Gasteiger partial charge in [0.25, 0.3) is 0 Å². The quantitative estimate of drug-likeness (QED) is 0.786. The summed E-state index contributed by atoms with van der Waals surface area (Å²) in [6.07, 6.45) is 1.25. The van der Waals surface area contributed by atoms with Gasteiger partial charge in [-0.05, 0) is 45.2 Å². The highest BCUT2D eigenvalue weighted by atomic mass is 16.5. The zero-order chi connectivity index (χ0) is 15.8. The van der Waals surface area contributed by atoms with Gasteiger partial charge in [-0.1, -0.05) is 23.8 Å². The van der Waals surface area contributed by atoms with Crippen LogP contribution in [0.25, 0.3) is 0 Å². The minimum Gasteiger partial charge on any atom is -0.463 e. The van der Waals surface area contributed by atoms with E-state index in [0.717, 1.165) is 0 Å². The summed E-state index contributed by atoms with van der Waals surface area (Å²) in [6, 6.07) is 6.25. The molecule has 1 aromatic carbocycles. The minimum absolute atomic E-state index is 0.0349. The Bertz CT molecular complexity index is 495. The van der Waals surface area contributed by atoms with E-state index in [1.165, 1.54) is 16.7 Å². The van der Waals surface area contributed by atoms with Gasteiger partial charge in [-0.3, -0.25) is 9.59 Å². The fraction of sp³-hybridized carbons (Fsp3) is 0.529. The smallest absolute Gasteiger partial charge is 0.307 e. The van der Waals surface area contributed by atoms with Gasteiger partial charge < -0.3 is 10.1 Å². The third-order valence-corrected chi connectivity index (χ3v) is 3.14. The van der Waals surface area contributed by atoms with Crippen LogP contribution in [0, 0.1) is 13.8 Å². The molecule has 4 nitrogen and oxygen atoms in total. The first-order chi connectivity index (χ1) is 9.88. The minimum atomic E-state index is -0.278. The van der Waals surface area contributed by atoms with E-state index in [2.05, 4.69) is 37.4 Å². The average molecular weight is 291 g/mol. The summed E-state index contributed by atoms with van der Waals surface area (Å²) >= 11 is 0. The molecule has 0 atom stereocenters. The van der Waals surface area contributed by atoms with Crippen LogP contribution in [-0.2, 0) is 20.7 Å². The number of nitrogens with one attached hydrogen (secondary N) is 1. The zero-order valence-corrected chi connectivity index (χ0v) is 13.4. The van der Waals surface area contributed by atoms with Gasteiger partial charge in [0, 0.05) is 13.0 Å². The number of hydrogen-bond acceptors (Lipinski definition) is 3. The standard InChI is InChI=1S/C17H25NO3/c1-12(2)21-17(20)9-10-18-16(19)8-7-15-6-5-13(3)11-14(15)4/h5-6,11-12H,7-10H2,1-4H3,(H,18,19). The maximum Gasteiger partial charge on any atom is 0.307 e. The molecule has 0 saturated carbocycles. The normalized spacial score (nSPS) is 10.5. The van der Waals surface area contributed by atoms with Gasteiger partial charge in [-0.2, -0.15) is 0 Å². The zero-order valence-electron chi connectivity index (χ0n) is 13.4. The molecule has 1 rings (SSSR count). The largest absolute Gasteiger partial charge is 0.463 e. The van der Waals surface area contributed by atoms with Crippen LogP contribution in [0.4, 0.5) is 0 Å². The molecule has 0 radical (unpaired) electrons. The van der Waals surface area contributed by atoms with Crippen LogP contribution in [0.3, 0.4) is 0 Å². The Kier molecular flexibility index (Phi) is 6.92. The number of carbonyl (C=O) groups is 2. The lowest BCUT2D eigenvalue weighted by Gasteiger charge is -2.09. The van der Waals surface area contributed by atoms with Crippen LogP contribution in [0.2, 0.25) is 0 Å². The number of hydrogen-bond donors (Lipinski definition) is 1. The van der Waals surface area contributed by atoms with Crippen molar-refractivity contribution < 1.29 is 14.3 Å². The Labute approximate surface area is 126 Å². The number of rotatable bonds is 7. The molecule has 0 fully saturated rings. The number of amides is 1. The number of carbonyl (C=O) groups excluding carboxylic acids is 2. The predicted octanol–water partition coefficient (Wildman–Crippen LogP) is 2.69. The SMILES string of the molecule is Cc1ccc(CCC(=O)NCCC(=O)OC(C)C)c(C)c1. The highest BCUT2D eigenvalue weighted by Gasteiger charge is 2.07. The number of aryl methyl sites for hydroxylation is 3. The highest BCUT2D eigenvalue weighted by Crippen LogP contribution is 2.12. The molecule has 0 aliphatic rings. The first-order valence-electron chi connectivity index (χ1n) is 7.41. The van der Waals surface area contributed by atoms with Crippen molar-refractivity contribution in [1.82, 2.24) is 5.32 Å². The molecule has 0 aliphatic carbocycles. The molecule has 0 aliphatic heterocycles. The van der Waals surface area contributed by atoms with E-state index >= 15 is 0 Å². The maximum absolute atomic E-state index is 11.7. The molecule has 0 unspecified atom stereocenters. The Morgan fingerprint density at radius 1 is 1.19 bits per heavy atom. The van der Waals surface area contributed by atoms with Crippen LogP contribution >= 0.6 is 0 Å². The molecule has 0 heterocycles. The molecule has 1 amide bonds. The lowest BCUT2D eigenvalue weighted by Crippen LogP contribution is -2.27. The molecule has 1 N–H and O–H groups in total. The second-order valence-electron chi connectivity index (χ2n) is 5.57. The van der Waals surface area contributed by atoms with Crippen LogP contribution < -0.4 is 5.32 Å². The van der Waals surface area contributed by atoms with E-state index in [1.807, 2.05) is 0 Å². The number of ether oxygens (including phenoxy) is 1. The molecular formula is C17H25NO3. The van der Waals surface area contributed by atoms with Crippen LogP contribution in [0.5, 0.6) is 0 Å². The molecule has 1 aromatic rings. The fourth-order valence-corrected chi connectivity index (χ4v) is 2.09. The Balaban J connectivity index is 2.27. The van der Waals surface area contributed by atoms with E-state index in [4.69, 9.17) is 4.74 Å². The third kappa shape index (κ3) is 6.93. The van der Waals surface area contributed by atoms with Gasteiger partial charge in [0.15, 0.2) is 0 Å². The summed E-state index contributed by atoms with van der Waals surface area (Å²) in [4.78, 5) is 23.1. The molecule has 21 heavy (non-hydrogen) atoms. The second kappa shape index (κ2) is 8.45. The lowest BCUT2D eigenvalue weighted by atomic mass is 10.0. The molecule has 116 valence electrons. The van der Waals surface area contributed by atoms with Crippen molar-refractivity contribution in [2.45, 2.75) is 53.1 Å². The second-order valence-corrected chi connectivity index (χ2v) is 5.57. The summed E-state index contributed by atoms with van der Waals surface area (Å²) in [5, 5.41) is 2.75. The van der Waals surface area contributed by atoms with Crippen molar-refractivity contribution in [3.63, 3.8) is 0 Å². The van der Waals surface area contributed by atoms with Crippen molar-refractivity contribution in [3.05, 3.63) is 34.9 Å². The summed E-state index contributed by atoms with van der Waals surface area (Å²) in [5.74, 6) is -0.313. The Morgan fingerprint density at radius 2 is 1.90 bits per heavy atom. The third-order valence-electron chi connectivity index (χ3n) is 3.14. The van der Waals surface area contributed by atoms with Crippen LogP contribution in [-0.4, -0.2) is 24.5 Å². The van der Waals surface area contributed by atoms with Crippen LogP contribution in [0.15, 0.2) is 18.2 Å². The van der Waals surface area contributed by atoms with E-state index in [-0.39, 0.29) is 24.4 Å². The summed E-state index contributed by atoms with van der Waals surface area (Å²) in [7, 11) is 0. The predicted molar refractivity (Wildman–Crippen MR) is 83.1 cm³/mol. The van der Waals surface area contributed by atoms with Gasteiger partial charge >= 0.3 is 5.97 Å². The Hall–Kier alpha value is -1.84. The first kappa shape index (κ1) is 17.2. The first-order valence-corrected chi connectivity index (χ1v) is 7.41. The van der Waals surface area contributed by atoms with Crippen molar-refractivity contribution in [2.75, 3.05) is 6.54 Å². The number of esters is 1. The maximum atomic E-state index is 11.7. The van der Waals surface area contributed by atoms with Gasteiger partial charge in [0.1, 0.15) is 0 Å². The van der Waals surface area contributed by atoms with Gasteiger partial charge in [-0.15, -0.1) is 0 Å². The van der Waals surface area contributed by atoms with Crippen molar-refractivity contribution in [2.24, 2.45) is 0 Å². The Morgan fingerprint density at radius 3 is 2.52 bits per heavy atom. The summed E-state index contributed by atoms with van der Waals surface area (Å²) < 4.78 is 5.00. The van der Waals surface area contributed by atoms with E-state index in [9.17, 15) is 9.59 Å².